The van der Waals surface area contributed by atoms with Gasteiger partial charge in [0.25, 0.3) is 4.38 Å². The first-order valence-corrected chi connectivity index (χ1v) is 7.82. The van der Waals surface area contributed by atoms with Crippen molar-refractivity contribution >= 4 is 45.6 Å². The van der Waals surface area contributed by atoms with Crippen LogP contribution in [-0.2, 0) is 4.79 Å². The Morgan fingerprint density at radius 2 is 2.31 bits per heavy atom. The first-order chi connectivity index (χ1) is 7.69. The fourth-order valence-corrected chi connectivity index (χ4v) is 4.51. The topological polar surface area (TPSA) is 23.3 Å². The van der Waals surface area contributed by atoms with Gasteiger partial charge in [-0.25, -0.2) is 4.79 Å². The predicted octanol–water partition coefficient (Wildman–Crippen LogP) is 2.33. The van der Waals surface area contributed by atoms with E-state index in [4.69, 9.17) is 0 Å². The number of amides is 1. The highest BCUT2D eigenvalue weighted by Gasteiger charge is 2.40. The number of thioether (sulfide) groups is 3. The molecule has 0 aromatic rings. The Kier molecular flexibility index (Phi) is 3.71. The first-order valence-electron chi connectivity index (χ1n) is 4.90. The predicted molar refractivity (Wildman–Crippen MR) is 73.4 cm³/mol. The van der Waals surface area contributed by atoms with Crippen molar-refractivity contribution in [3.05, 3.63) is 21.5 Å². The number of carbonyl (C=O) groups excluding carboxylic acids is 1. The van der Waals surface area contributed by atoms with E-state index in [1.165, 1.54) is 0 Å². The highest BCUT2D eigenvalue weighted by Crippen LogP contribution is 2.40. The molecule has 1 amide bonds. The molecular formula is C10H13N2OS3+. The molecule has 2 aliphatic rings. The summed E-state index contributed by atoms with van der Waals surface area (Å²) in [5.74, 6) is 0.134. The van der Waals surface area contributed by atoms with Gasteiger partial charge >= 0.3 is 5.91 Å². The van der Waals surface area contributed by atoms with E-state index >= 15 is 0 Å². The van der Waals surface area contributed by atoms with Gasteiger partial charge in [-0.1, -0.05) is 23.5 Å². The highest BCUT2D eigenvalue weighted by atomic mass is 32.2. The zero-order valence-electron chi connectivity index (χ0n) is 9.39. The summed E-state index contributed by atoms with van der Waals surface area (Å²) in [6, 6.07) is 0. The summed E-state index contributed by atoms with van der Waals surface area (Å²) < 4.78 is 2.92. The van der Waals surface area contributed by atoms with Crippen molar-refractivity contribution in [2.45, 2.75) is 6.92 Å². The largest absolute Gasteiger partial charge is 0.430 e. The molecule has 16 heavy (non-hydrogen) atoms. The molecule has 86 valence electrons. The molecule has 0 bridgehead atoms. The van der Waals surface area contributed by atoms with Gasteiger partial charge in [0.15, 0.2) is 11.4 Å². The molecule has 6 heteroatoms. The summed E-state index contributed by atoms with van der Waals surface area (Å²) in [5, 5.41) is 3.04. The van der Waals surface area contributed by atoms with E-state index in [2.05, 4.69) is 0 Å². The minimum absolute atomic E-state index is 0.134. The fourth-order valence-electron chi connectivity index (χ4n) is 1.50. The Morgan fingerprint density at radius 3 is 2.75 bits per heavy atom. The molecule has 2 aliphatic heterocycles. The Hall–Kier alpha value is -0.330. The Labute approximate surface area is 108 Å². The zero-order valence-corrected chi connectivity index (χ0v) is 11.8. The molecule has 0 aromatic carbocycles. The summed E-state index contributed by atoms with van der Waals surface area (Å²) in [4.78, 5) is 15.0. The second-order valence-electron chi connectivity index (χ2n) is 3.27. The van der Waals surface area contributed by atoms with E-state index in [1.807, 2.05) is 41.3 Å². The van der Waals surface area contributed by atoms with Crippen molar-refractivity contribution in [1.29, 1.82) is 0 Å². The molecule has 0 radical (unpaired) electrons. The molecule has 0 aliphatic carbocycles. The maximum atomic E-state index is 12.2. The van der Waals surface area contributed by atoms with Crippen LogP contribution in [0, 0.1) is 0 Å². The van der Waals surface area contributed by atoms with Crippen LogP contribution in [0.3, 0.4) is 0 Å². The van der Waals surface area contributed by atoms with E-state index in [9.17, 15) is 4.79 Å². The van der Waals surface area contributed by atoms with Gasteiger partial charge in [0, 0.05) is 25.0 Å². The molecular weight excluding hydrogens is 260 g/mol. The smallest absolute Gasteiger partial charge is 0.344 e. The molecule has 0 saturated carbocycles. The Morgan fingerprint density at radius 1 is 1.56 bits per heavy atom. The lowest BCUT2D eigenvalue weighted by atomic mass is 10.5. The lowest BCUT2D eigenvalue weighted by Gasteiger charge is -2.09. The van der Waals surface area contributed by atoms with Crippen LogP contribution < -0.4 is 0 Å². The number of carbonyl (C=O) groups is 1. The maximum Gasteiger partial charge on any atom is 0.430 e. The molecule has 2 rings (SSSR count). The quantitative estimate of drug-likeness (QED) is 0.539. The summed E-state index contributed by atoms with van der Waals surface area (Å²) in [6.45, 7) is 2.74. The second-order valence-corrected chi connectivity index (χ2v) is 6.22. The van der Waals surface area contributed by atoms with E-state index in [-0.39, 0.29) is 5.91 Å². The van der Waals surface area contributed by atoms with Crippen molar-refractivity contribution < 1.29 is 9.37 Å². The third-order valence-electron chi connectivity index (χ3n) is 2.32. The van der Waals surface area contributed by atoms with Crippen LogP contribution in [0.5, 0.6) is 0 Å². The van der Waals surface area contributed by atoms with Crippen LogP contribution in [0.25, 0.3) is 0 Å². The Bertz CT molecular complexity index is 426. The standard InChI is InChI=1S/C10H13N2OS3/c1-4-12-8(13)7(16-10(12)14-3)9-11(2)5-6-15-9/h5-6H,4H2,1-3H3/q+1. The van der Waals surface area contributed by atoms with Crippen LogP contribution in [0.4, 0.5) is 0 Å². The van der Waals surface area contributed by atoms with Gasteiger partial charge in [0.05, 0.1) is 0 Å². The van der Waals surface area contributed by atoms with Gasteiger partial charge in [-0.05, 0) is 18.6 Å². The molecule has 0 unspecified atom stereocenters. The van der Waals surface area contributed by atoms with Crippen LogP contribution in [-0.4, -0.2) is 39.6 Å². The summed E-state index contributed by atoms with van der Waals surface area (Å²) >= 11 is 4.83. The van der Waals surface area contributed by atoms with Gasteiger partial charge in [-0.3, -0.25) is 0 Å². The second kappa shape index (κ2) is 4.89. The van der Waals surface area contributed by atoms with Crippen LogP contribution >= 0.6 is 35.3 Å². The van der Waals surface area contributed by atoms with Gasteiger partial charge in [0.1, 0.15) is 5.03 Å². The minimum atomic E-state index is 0.134. The third-order valence-corrected chi connectivity index (χ3v) is 5.71. The van der Waals surface area contributed by atoms with Gasteiger partial charge < -0.3 is 4.90 Å². The maximum absolute atomic E-state index is 12.2. The number of likely N-dealkylation sites (N-methyl/N-ethyl adjacent to an activating group) is 1. The average molecular weight is 273 g/mol. The third kappa shape index (κ3) is 1.94. The summed E-state index contributed by atoms with van der Waals surface area (Å²) in [7, 11) is 1.97. The monoisotopic (exact) mass is 273 g/mol. The van der Waals surface area contributed by atoms with Crippen molar-refractivity contribution in [2.75, 3.05) is 19.8 Å². The van der Waals surface area contributed by atoms with E-state index in [0.29, 0.717) is 0 Å². The van der Waals surface area contributed by atoms with E-state index in [1.54, 1.807) is 35.3 Å². The number of rotatable bonds is 1. The van der Waals surface area contributed by atoms with Crippen LogP contribution in [0.15, 0.2) is 21.5 Å². The Balaban J connectivity index is 2.34. The normalized spacial score (nSPS) is 25.2. The summed E-state index contributed by atoms with van der Waals surface area (Å²) in [6.07, 6.45) is 3.99. The first kappa shape index (κ1) is 12.1. The molecule has 0 N–H and O–H groups in total. The molecule has 3 nitrogen and oxygen atoms in total. The summed E-state index contributed by atoms with van der Waals surface area (Å²) in [5.41, 5.74) is 0. The van der Waals surface area contributed by atoms with Gasteiger partial charge in [-0.2, -0.15) is 0 Å². The highest BCUT2D eigenvalue weighted by molar-refractivity contribution is 8.40. The molecule has 0 atom stereocenters. The van der Waals surface area contributed by atoms with Crippen LogP contribution in [0.1, 0.15) is 6.92 Å². The van der Waals surface area contributed by atoms with Crippen molar-refractivity contribution in [1.82, 2.24) is 4.90 Å². The lowest BCUT2D eigenvalue weighted by Crippen LogP contribution is -2.20. The van der Waals surface area contributed by atoms with Crippen LogP contribution in [0.2, 0.25) is 0 Å². The molecule has 0 saturated heterocycles. The molecule has 0 aromatic heterocycles. The molecule has 0 spiro atoms. The van der Waals surface area contributed by atoms with E-state index < -0.39 is 0 Å². The van der Waals surface area contributed by atoms with E-state index in [0.717, 1.165) is 20.9 Å². The average Bonchev–Trinajstić information content (AvgIpc) is 2.82. The SMILES string of the molecule is CC[N+]1=C(SC)SC(=C2SC=CN2C)C1=O. The lowest BCUT2D eigenvalue weighted by molar-refractivity contribution is -0.433. The molecule has 0 fully saturated rings. The van der Waals surface area contributed by atoms with Crippen molar-refractivity contribution in [3.63, 3.8) is 0 Å². The number of hydrogen-bond acceptors (Lipinski definition) is 5. The van der Waals surface area contributed by atoms with Gasteiger partial charge in [0.2, 0.25) is 0 Å². The number of nitrogens with zero attached hydrogens (tertiary/aromatic N) is 2. The van der Waals surface area contributed by atoms with Crippen molar-refractivity contribution in [2.24, 2.45) is 0 Å². The fraction of sp³-hybridized carbons (Fsp3) is 0.400. The number of hydrogen-bond donors (Lipinski definition) is 0. The zero-order chi connectivity index (χ0) is 11.7. The minimum Gasteiger partial charge on any atom is -0.344 e. The van der Waals surface area contributed by atoms with Gasteiger partial charge in [-0.15, -0.1) is 4.58 Å². The molecule has 2 heterocycles. The van der Waals surface area contributed by atoms with Crippen molar-refractivity contribution in [3.8, 4) is 0 Å².